The van der Waals surface area contributed by atoms with Crippen molar-refractivity contribution in [3.05, 3.63) is 125 Å². The van der Waals surface area contributed by atoms with E-state index in [9.17, 15) is 18.7 Å². The predicted molar refractivity (Wildman–Crippen MR) is 151 cm³/mol. The largest absolute Gasteiger partial charge is 0.503 e. The number of nitrogens with zero attached hydrogens (tertiary/aromatic N) is 4. The Kier molecular flexibility index (Phi) is 7.20. The van der Waals surface area contributed by atoms with Crippen molar-refractivity contribution in [1.29, 1.82) is 0 Å². The van der Waals surface area contributed by atoms with Crippen molar-refractivity contribution >= 4 is 28.5 Å². The van der Waals surface area contributed by atoms with Gasteiger partial charge in [-0.3, -0.25) is 0 Å². The third kappa shape index (κ3) is 5.48. The molecule has 8 nitrogen and oxygen atoms in total. The molecule has 0 radical (unpaired) electrons. The minimum absolute atomic E-state index is 0.0483. The summed E-state index contributed by atoms with van der Waals surface area (Å²) in [7, 11) is 0. The Morgan fingerprint density at radius 1 is 0.905 bits per heavy atom. The van der Waals surface area contributed by atoms with Crippen LogP contribution in [0.3, 0.4) is 0 Å². The van der Waals surface area contributed by atoms with E-state index in [4.69, 9.17) is 21.1 Å². The van der Waals surface area contributed by atoms with Crippen LogP contribution in [0.5, 0.6) is 17.2 Å². The van der Waals surface area contributed by atoms with E-state index in [1.165, 1.54) is 16.9 Å². The lowest BCUT2D eigenvalue weighted by atomic mass is 10.1. The zero-order valence-electron chi connectivity index (χ0n) is 21.5. The summed E-state index contributed by atoms with van der Waals surface area (Å²) in [6.45, 7) is 0.128. The van der Waals surface area contributed by atoms with Gasteiger partial charge in [-0.1, -0.05) is 53.2 Å². The lowest BCUT2D eigenvalue weighted by Crippen LogP contribution is -2.06. The summed E-state index contributed by atoms with van der Waals surface area (Å²) in [5.74, 6) is -2.93. The number of phenolic OH excluding ortho intramolecular Hbond substituents is 1. The number of pyridine rings is 1. The van der Waals surface area contributed by atoms with Gasteiger partial charge in [0.05, 0.1) is 33.7 Å². The third-order valence-electron chi connectivity index (χ3n) is 6.31. The van der Waals surface area contributed by atoms with Crippen molar-refractivity contribution in [2.45, 2.75) is 6.61 Å². The van der Waals surface area contributed by atoms with Crippen LogP contribution >= 0.6 is 11.6 Å². The molecule has 0 aliphatic carbocycles. The molecule has 0 atom stereocenters. The maximum absolute atomic E-state index is 13.8. The molecule has 0 fully saturated rings. The van der Waals surface area contributed by atoms with Gasteiger partial charge in [0.15, 0.2) is 17.4 Å². The lowest BCUT2D eigenvalue weighted by molar-refractivity contribution is 0.0473. The molecule has 2 heterocycles. The number of carbonyl (C=O) groups is 1. The average molecular weight is 585 g/mol. The molecule has 0 saturated carbocycles. The normalized spacial score (nSPS) is 11.0. The van der Waals surface area contributed by atoms with Gasteiger partial charge in [-0.2, -0.15) is 0 Å². The molecule has 0 amide bonds. The van der Waals surface area contributed by atoms with Gasteiger partial charge < -0.3 is 14.6 Å². The maximum Gasteiger partial charge on any atom is 0.339 e. The first-order chi connectivity index (χ1) is 20.4. The Labute approximate surface area is 242 Å². The number of halogens is 3. The number of phenols is 1. The first kappa shape index (κ1) is 26.9. The number of aromatic nitrogens is 4. The van der Waals surface area contributed by atoms with Crippen LogP contribution in [0.2, 0.25) is 5.02 Å². The maximum atomic E-state index is 13.8. The molecule has 42 heavy (non-hydrogen) atoms. The minimum Gasteiger partial charge on any atom is -0.503 e. The monoisotopic (exact) mass is 584 g/mol. The summed E-state index contributed by atoms with van der Waals surface area (Å²) < 4.78 is 40.2. The highest BCUT2D eigenvalue weighted by molar-refractivity contribution is 6.33. The molecular formula is C31H19ClF2N4O4. The van der Waals surface area contributed by atoms with Crippen LogP contribution < -0.4 is 4.74 Å². The fraction of sp³-hybridized carbons (Fsp3) is 0.0323. The standard InChI is InChI=1S/C31H19ClF2N4O4/c32-23-15-20(9-10-21(23)31(40)41-17-18-5-2-1-3-6-18)42-29-8-4-7-26-22(29)11-12-27(35-26)28-16-38(37-36-28)19-13-24(33)30(39)25(34)14-19/h1-16,39H,17H2. The number of carbonyl (C=O) groups excluding carboxylic acids is 1. The molecule has 4 aromatic carbocycles. The van der Waals surface area contributed by atoms with Gasteiger partial charge in [0, 0.05) is 23.6 Å². The van der Waals surface area contributed by atoms with E-state index in [1.54, 1.807) is 42.5 Å². The van der Waals surface area contributed by atoms with Gasteiger partial charge in [-0.25, -0.2) is 23.2 Å². The van der Waals surface area contributed by atoms with E-state index in [-0.39, 0.29) is 22.9 Å². The molecule has 6 rings (SSSR count). The number of hydrogen-bond acceptors (Lipinski definition) is 7. The smallest absolute Gasteiger partial charge is 0.339 e. The number of benzene rings is 4. The summed E-state index contributed by atoms with van der Waals surface area (Å²) in [6.07, 6.45) is 1.47. The van der Waals surface area contributed by atoms with E-state index in [1.807, 2.05) is 30.3 Å². The van der Waals surface area contributed by atoms with Crippen molar-refractivity contribution in [3.63, 3.8) is 0 Å². The topological polar surface area (TPSA) is 99.4 Å². The molecule has 11 heteroatoms. The number of rotatable bonds is 7. The lowest BCUT2D eigenvalue weighted by Gasteiger charge is -2.11. The second-order valence-corrected chi connectivity index (χ2v) is 9.54. The molecular weight excluding hydrogens is 566 g/mol. The van der Waals surface area contributed by atoms with Crippen molar-refractivity contribution in [1.82, 2.24) is 20.0 Å². The highest BCUT2D eigenvalue weighted by Gasteiger charge is 2.16. The van der Waals surface area contributed by atoms with E-state index in [2.05, 4.69) is 15.3 Å². The molecule has 0 unspecified atom stereocenters. The van der Waals surface area contributed by atoms with Crippen LogP contribution in [0.4, 0.5) is 8.78 Å². The van der Waals surface area contributed by atoms with Crippen LogP contribution in [-0.4, -0.2) is 31.1 Å². The highest BCUT2D eigenvalue weighted by atomic mass is 35.5. The van der Waals surface area contributed by atoms with Gasteiger partial charge >= 0.3 is 5.97 Å². The van der Waals surface area contributed by atoms with E-state index in [0.29, 0.717) is 33.8 Å². The second kappa shape index (κ2) is 11.3. The third-order valence-corrected chi connectivity index (χ3v) is 6.63. The molecule has 0 aliphatic rings. The van der Waals surface area contributed by atoms with E-state index < -0.39 is 23.4 Å². The number of fused-ring (bicyclic) bond motifs is 1. The van der Waals surface area contributed by atoms with Crippen molar-refractivity contribution in [3.8, 4) is 34.3 Å². The average Bonchev–Trinajstić information content (AvgIpc) is 3.50. The summed E-state index contributed by atoms with van der Waals surface area (Å²) in [5.41, 5.74) is 2.55. The van der Waals surface area contributed by atoms with Crippen LogP contribution in [-0.2, 0) is 11.3 Å². The van der Waals surface area contributed by atoms with Crippen LogP contribution in [0, 0.1) is 11.6 Å². The summed E-state index contributed by atoms with van der Waals surface area (Å²) in [5, 5.41) is 18.2. The Balaban J connectivity index is 1.20. The molecule has 0 spiro atoms. The van der Waals surface area contributed by atoms with Crippen molar-refractivity contribution < 1.29 is 28.2 Å². The first-order valence-corrected chi connectivity index (χ1v) is 12.9. The Morgan fingerprint density at radius 2 is 1.69 bits per heavy atom. The van der Waals surface area contributed by atoms with Crippen LogP contribution in [0.25, 0.3) is 28.0 Å². The summed E-state index contributed by atoms with van der Waals surface area (Å²) in [4.78, 5) is 17.2. The van der Waals surface area contributed by atoms with Gasteiger partial charge in [-0.05, 0) is 42.0 Å². The zero-order valence-corrected chi connectivity index (χ0v) is 22.3. The molecule has 1 N–H and O–H groups in total. The van der Waals surface area contributed by atoms with E-state index in [0.717, 1.165) is 17.7 Å². The number of hydrogen-bond donors (Lipinski definition) is 1. The SMILES string of the molecule is O=C(OCc1ccccc1)c1ccc(Oc2cccc3nc(-c4cn(-c5cc(F)c(O)c(F)c5)nn4)ccc23)cc1Cl. The summed E-state index contributed by atoms with van der Waals surface area (Å²) >= 11 is 6.39. The van der Waals surface area contributed by atoms with Crippen molar-refractivity contribution in [2.24, 2.45) is 0 Å². The van der Waals surface area contributed by atoms with E-state index >= 15 is 0 Å². The molecule has 6 aromatic rings. The second-order valence-electron chi connectivity index (χ2n) is 9.13. The minimum atomic E-state index is -1.11. The molecule has 0 saturated heterocycles. The fourth-order valence-electron chi connectivity index (χ4n) is 4.20. The van der Waals surface area contributed by atoms with Crippen LogP contribution in [0.1, 0.15) is 15.9 Å². The highest BCUT2D eigenvalue weighted by Crippen LogP contribution is 2.33. The quantitative estimate of drug-likeness (QED) is 0.197. The first-order valence-electron chi connectivity index (χ1n) is 12.5. The predicted octanol–water partition coefficient (Wildman–Crippen LogP) is 7.27. The Hall–Kier alpha value is -5.35. The Bertz CT molecular complexity index is 1930. The van der Waals surface area contributed by atoms with Crippen LogP contribution in [0.15, 0.2) is 97.2 Å². The van der Waals surface area contributed by atoms with Gasteiger partial charge in [0.2, 0.25) is 0 Å². The number of esters is 1. The number of ether oxygens (including phenoxy) is 2. The molecule has 0 aliphatic heterocycles. The molecule has 2 aromatic heterocycles. The number of aromatic hydroxyl groups is 1. The molecule has 0 bridgehead atoms. The Morgan fingerprint density at radius 3 is 2.45 bits per heavy atom. The van der Waals surface area contributed by atoms with Crippen molar-refractivity contribution in [2.75, 3.05) is 0 Å². The summed E-state index contributed by atoms with van der Waals surface area (Å²) in [6, 6.07) is 24.8. The van der Waals surface area contributed by atoms with Gasteiger partial charge in [-0.15, -0.1) is 5.10 Å². The van der Waals surface area contributed by atoms with Gasteiger partial charge in [0.1, 0.15) is 23.8 Å². The molecule has 208 valence electrons. The fourth-order valence-corrected chi connectivity index (χ4v) is 4.45. The van der Waals surface area contributed by atoms with Gasteiger partial charge in [0.25, 0.3) is 0 Å². The zero-order chi connectivity index (χ0) is 29.2.